The van der Waals surface area contributed by atoms with Crippen LogP contribution in [0.3, 0.4) is 0 Å². The topological polar surface area (TPSA) is 99.0 Å². The molecule has 1 fully saturated rings. The minimum Gasteiger partial charge on any atom is -0.461 e. The van der Waals surface area contributed by atoms with E-state index in [9.17, 15) is 4.79 Å². The summed E-state index contributed by atoms with van der Waals surface area (Å²) in [5.41, 5.74) is 2.84. The number of nitrogens with zero attached hydrogens (tertiary/aromatic N) is 4. The molecule has 0 aromatic carbocycles. The van der Waals surface area contributed by atoms with E-state index >= 15 is 0 Å². The third-order valence-electron chi connectivity index (χ3n) is 5.32. The number of pyridine rings is 1. The summed E-state index contributed by atoms with van der Waals surface area (Å²) in [6, 6.07) is 13.3. The first-order valence-electron chi connectivity index (χ1n) is 10.1. The van der Waals surface area contributed by atoms with Crippen molar-refractivity contribution in [1.82, 2.24) is 25.2 Å². The average Bonchev–Trinajstić information content (AvgIpc) is 3.57. The molecule has 0 saturated heterocycles. The largest absolute Gasteiger partial charge is 0.461 e. The number of carbonyl (C=O) groups excluding carboxylic acids is 1. The maximum Gasteiger partial charge on any atom is 0.273 e. The van der Waals surface area contributed by atoms with Gasteiger partial charge in [-0.25, -0.2) is 0 Å². The van der Waals surface area contributed by atoms with Crippen molar-refractivity contribution in [2.24, 2.45) is 0 Å². The van der Waals surface area contributed by atoms with Gasteiger partial charge in [0.2, 0.25) is 5.76 Å². The van der Waals surface area contributed by atoms with Crippen LogP contribution in [0.4, 0.5) is 0 Å². The molecule has 1 aliphatic rings. The van der Waals surface area contributed by atoms with Crippen LogP contribution in [0.15, 0.2) is 63.9 Å². The zero-order valence-electron chi connectivity index (χ0n) is 16.3. The number of aromatic nitrogens is 4. The summed E-state index contributed by atoms with van der Waals surface area (Å²) in [5.74, 6) is 0.608. The fourth-order valence-corrected chi connectivity index (χ4v) is 3.84. The van der Waals surface area contributed by atoms with Gasteiger partial charge in [-0.15, -0.1) is 0 Å². The predicted octanol–water partition coefficient (Wildman–Crippen LogP) is 4.24. The Hall–Kier alpha value is -3.68. The van der Waals surface area contributed by atoms with Gasteiger partial charge in [-0.3, -0.25) is 14.5 Å². The first-order chi connectivity index (χ1) is 14.8. The van der Waals surface area contributed by atoms with E-state index in [1.807, 2.05) is 24.3 Å². The number of amides is 1. The molecule has 4 aromatic rings. The van der Waals surface area contributed by atoms with Gasteiger partial charge in [-0.05, 0) is 43.2 Å². The van der Waals surface area contributed by atoms with Gasteiger partial charge >= 0.3 is 0 Å². The highest BCUT2D eigenvalue weighted by Gasteiger charge is 2.23. The lowest BCUT2D eigenvalue weighted by Gasteiger charge is -2.13. The molecule has 0 aliphatic heterocycles. The average molecular weight is 403 g/mol. The van der Waals surface area contributed by atoms with E-state index in [0.29, 0.717) is 24.1 Å². The first-order valence-corrected chi connectivity index (χ1v) is 10.1. The second-order valence-electron chi connectivity index (χ2n) is 7.36. The van der Waals surface area contributed by atoms with Gasteiger partial charge in [0.15, 0.2) is 11.5 Å². The SMILES string of the molecule is O=C(NCc1cc(-c2ccccn2)n(C2CCCC2)n1)c1cc(-c2ccco2)on1. The molecule has 30 heavy (non-hydrogen) atoms. The van der Waals surface area contributed by atoms with E-state index in [-0.39, 0.29) is 11.6 Å². The zero-order chi connectivity index (χ0) is 20.3. The molecule has 1 aliphatic carbocycles. The van der Waals surface area contributed by atoms with Crippen molar-refractivity contribution in [2.75, 3.05) is 0 Å². The Morgan fingerprint density at radius 2 is 2.03 bits per heavy atom. The van der Waals surface area contributed by atoms with Gasteiger partial charge in [0.05, 0.1) is 35.9 Å². The molecule has 0 radical (unpaired) electrons. The third-order valence-corrected chi connectivity index (χ3v) is 5.32. The van der Waals surface area contributed by atoms with Crippen LogP contribution in [0.1, 0.15) is 47.9 Å². The Labute approximate surface area is 172 Å². The lowest BCUT2D eigenvalue weighted by Crippen LogP contribution is -2.23. The molecule has 4 aromatic heterocycles. The number of hydrogen-bond donors (Lipinski definition) is 1. The smallest absolute Gasteiger partial charge is 0.273 e. The number of carbonyl (C=O) groups is 1. The minimum atomic E-state index is -0.327. The molecule has 0 bridgehead atoms. The Bertz CT molecular complexity index is 1120. The highest BCUT2D eigenvalue weighted by Crippen LogP contribution is 2.33. The normalized spacial score (nSPS) is 14.3. The van der Waals surface area contributed by atoms with E-state index < -0.39 is 0 Å². The van der Waals surface area contributed by atoms with Crippen molar-refractivity contribution in [3.8, 4) is 22.9 Å². The monoisotopic (exact) mass is 403 g/mol. The molecular formula is C22H21N5O3. The molecule has 8 heteroatoms. The van der Waals surface area contributed by atoms with Crippen LogP contribution >= 0.6 is 0 Å². The zero-order valence-corrected chi connectivity index (χ0v) is 16.3. The molecule has 0 unspecified atom stereocenters. The third kappa shape index (κ3) is 3.63. The predicted molar refractivity (Wildman–Crippen MR) is 108 cm³/mol. The molecule has 1 amide bonds. The van der Waals surface area contributed by atoms with Crippen LogP contribution in [0.5, 0.6) is 0 Å². The fourth-order valence-electron chi connectivity index (χ4n) is 3.84. The second kappa shape index (κ2) is 7.98. The standard InChI is InChI=1S/C22H21N5O3/c28-22(18-13-21(30-26-18)20-9-5-11-29-20)24-14-15-12-19(17-8-3-4-10-23-17)27(25-15)16-6-1-2-7-16/h3-5,8-13,16H,1-2,6-7,14H2,(H,24,28). The highest BCUT2D eigenvalue weighted by molar-refractivity contribution is 5.92. The summed E-state index contributed by atoms with van der Waals surface area (Å²) in [4.78, 5) is 17.0. The van der Waals surface area contributed by atoms with Gasteiger partial charge in [0.1, 0.15) is 0 Å². The molecule has 0 atom stereocenters. The summed E-state index contributed by atoms with van der Waals surface area (Å²) in [7, 11) is 0. The molecule has 1 saturated carbocycles. The van der Waals surface area contributed by atoms with Gasteiger partial charge in [-0.1, -0.05) is 24.1 Å². The van der Waals surface area contributed by atoms with Crippen LogP contribution in [0, 0.1) is 0 Å². The van der Waals surface area contributed by atoms with Crippen molar-refractivity contribution in [3.05, 3.63) is 66.3 Å². The van der Waals surface area contributed by atoms with Crippen molar-refractivity contribution >= 4 is 5.91 Å². The molecule has 0 spiro atoms. The Morgan fingerprint density at radius 3 is 2.80 bits per heavy atom. The van der Waals surface area contributed by atoms with Crippen molar-refractivity contribution < 1.29 is 13.7 Å². The van der Waals surface area contributed by atoms with Gasteiger partial charge < -0.3 is 14.3 Å². The van der Waals surface area contributed by atoms with Crippen LogP contribution in [0.2, 0.25) is 0 Å². The first kappa shape index (κ1) is 18.4. The summed E-state index contributed by atoms with van der Waals surface area (Å²) in [5, 5.41) is 11.5. The van der Waals surface area contributed by atoms with E-state index in [1.165, 1.54) is 19.1 Å². The molecule has 5 rings (SSSR count). The molecule has 4 heterocycles. The van der Waals surface area contributed by atoms with Crippen LogP contribution in [0.25, 0.3) is 22.9 Å². The van der Waals surface area contributed by atoms with Gasteiger partial charge in [0, 0.05) is 12.3 Å². The quantitative estimate of drug-likeness (QED) is 0.517. The van der Waals surface area contributed by atoms with Crippen molar-refractivity contribution in [3.63, 3.8) is 0 Å². The summed E-state index contributed by atoms with van der Waals surface area (Å²) in [6.45, 7) is 0.293. The van der Waals surface area contributed by atoms with Gasteiger partial charge in [-0.2, -0.15) is 5.10 Å². The second-order valence-corrected chi connectivity index (χ2v) is 7.36. The van der Waals surface area contributed by atoms with Crippen molar-refractivity contribution in [2.45, 2.75) is 38.3 Å². The summed E-state index contributed by atoms with van der Waals surface area (Å²) in [6.07, 6.45) is 7.97. The van der Waals surface area contributed by atoms with E-state index in [1.54, 1.807) is 24.4 Å². The summed E-state index contributed by atoms with van der Waals surface area (Å²) < 4.78 is 12.5. The number of furan rings is 1. The maximum absolute atomic E-state index is 12.5. The molecular weight excluding hydrogens is 382 g/mol. The van der Waals surface area contributed by atoms with Crippen LogP contribution in [-0.4, -0.2) is 25.8 Å². The van der Waals surface area contributed by atoms with Crippen LogP contribution < -0.4 is 5.32 Å². The highest BCUT2D eigenvalue weighted by atomic mass is 16.5. The van der Waals surface area contributed by atoms with E-state index in [2.05, 4.69) is 20.1 Å². The maximum atomic E-state index is 12.5. The number of rotatable bonds is 6. The fraction of sp³-hybridized carbons (Fsp3) is 0.273. The lowest BCUT2D eigenvalue weighted by atomic mass is 10.2. The lowest BCUT2D eigenvalue weighted by molar-refractivity contribution is 0.0941. The Kier molecular flexibility index (Phi) is 4.88. The molecule has 1 N–H and O–H groups in total. The van der Waals surface area contributed by atoms with Crippen LogP contribution in [-0.2, 0) is 6.54 Å². The van der Waals surface area contributed by atoms with Crippen molar-refractivity contribution in [1.29, 1.82) is 0 Å². The van der Waals surface area contributed by atoms with E-state index in [4.69, 9.17) is 14.0 Å². The number of hydrogen-bond acceptors (Lipinski definition) is 6. The van der Waals surface area contributed by atoms with Gasteiger partial charge in [0.25, 0.3) is 5.91 Å². The summed E-state index contributed by atoms with van der Waals surface area (Å²) >= 11 is 0. The minimum absolute atomic E-state index is 0.196. The Morgan fingerprint density at radius 1 is 1.13 bits per heavy atom. The number of nitrogens with one attached hydrogen (secondary N) is 1. The van der Waals surface area contributed by atoms with E-state index in [0.717, 1.165) is 29.9 Å². The molecule has 152 valence electrons. The Balaban J connectivity index is 1.33. The molecule has 8 nitrogen and oxygen atoms in total.